The normalized spacial score (nSPS) is 10.5. The minimum absolute atomic E-state index is 0.0668. The van der Waals surface area contributed by atoms with Crippen LogP contribution in [0.3, 0.4) is 0 Å². The van der Waals surface area contributed by atoms with Crippen molar-refractivity contribution in [2.45, 2.75) is 39.2 Å². The van der Waals surface area contributed by atoms with Crippen LogP contribution in [-0.4, -0.2) is 16.8 Å². The molecule has 0 spiro atoms. The van der Waals surface area contributed by atoms with Gasteiger partial charge in [-0.3, -0.25) is 14.6 Å². The fourth-order valence-electron chi connectivity index (χ4n) is 4.06. The first-order valence-electron chi connectivity index (χ1n) is 12.4. The largest absolute Gasteiger partial charge is 0.489 e. The number of carbonyl (C=O) groups is 2. The highest BCUT2D eigenvalue weighted by atomic mass is 16.5. The summed E-state index contributed by atoms with van der Waals surface area (Å²) in [6, 6.07) is 27.5. The van der Waals surface area contributed by atoms with Crippen LogP contribution in [-0.2, 0) is 35.5 Å². The number of anilines is 2. The SMILES string of the molecule is CC(=O)Nc1ccc(OCc2ccccc2)c(CCCc2ccc(NC(=O)Cc3cccnc3)cc2)c1. The number of benzene rings is 3. The molecule has 0 saturated carbocycles. The summed E-state index contributed by atoms with van der Waals surface area (Å²) in [6.45, 7) is 1.99. The molecule has 2 N–H and O–H groups in total. The molecule has 0 radical (unpaired) electrons. The maximum Gasteiger partial charge on any atom is 0.228 e. The number of rotatable bonds is 11. The molecule has 1 heterocycles. The second kappa shape index (κ2) is 13.0. The van der Waals surface area contributed by atoms with E-state index in [4.69, 9.17) is 4.74 Å². The van der Waals surface area contributed by atoms with Crippen LogP contribution in [0.2, 0.25) is 0 Å². The number of amides is 2. The standard InChI is InChI=1S/C31H31N3O3/c1-23(35)33-29-16-17-30(37-22-25-7-3-2-4-8-25)27(20-29)11-5-9-24-12-14-28(15-13-24)34-31(36)19-26-10-6-18-32-21-26/h2-4,6-8,10,12-18,20-21H,5,9,11,19,22H2,1H3,(H,33,35)(H,34,36). The van der Waals surface area contributed by atoms with Gasteiger partial charge >= 0.3 is 0 Å². The number of pyridine rings is 1. The molecule has 1 aromatic heterocycles. The van der Waals surface area contributed by atoms with Gasteiger partial charge < -0.3 is 15.4 Å². The number of hydrogen-bond donors (Lipinski definition) is 2. The smallest absolute Gasteiger partial charge is 0.228 e. The third kappa shape index (κ3) is 8.32. The molecule has 0 bridgehead atoms. The monoisotopic (exact) mass is 493 g/mol. The van der Waals surface area contributed by atoms with Gasteiger partial charge in [-0.2, -0.15) is 0 Å². The first-order chi connectivity index (χ1) is 18.0. The van der Waals surface area contributed by atoms with Crippen LogP contribution in [0.15, 0.2) is 97.3 Å². The molecule has 37 heavy (non-hydrogen) atoms. The van der Waals surface area contributed by atoms with Gasteiger partial charge in [-0.1, -0.05) is 48.5 Å². The zero-order chi connectivity index (χ0) is 25.9. The summed E-state index contributed by atoms with van der Waals surface area (Å²) in [5.74, 6) is 0.656. The molecule has 0 atom stereocenters. The van der Waals surface area contributed by atoms with E-state index in [1.54, 1.807) is 12.4 Å². The first kappa shape index (κ1) is 25.6. The molecule has 4 aromatic rings. The van der Waals surface area contributed by atoms with Gasteiger partial charge in [0.05, 0.1) is 6.42 Å². The predicted molar refractivity (Wildman–Crippen MR) is 147 cm³/mol. The molecule has 0 aliphatic heterocycles. The van der Waals surface area contributed by atoms with Crippen molar-refractivity contribution in [3.8, 4) is 5.75 Å². The Morgan fingerprint density at radius 1 is 0.784 bits per heavy atom. The highest BCUT2D eigenvalue weighted by Crippen LogP contribution is 2.26. The molecule has 4 rings (SSSR count). The van der Waals surface area contributed by atoms with Crippen LogP contribution in [0.25, 0.3) is 0 Å². The van der Waals surface area contributed by atoms with Crippen molar-refractivity contribution < 1.29 is 14.3 Å². The first-order valence-corrected chi connectivity index (χ1v) is 12.4. The van der Waals surface area contributed by atoms with Crippen LogP contribution in [0.1, 0.15) is 35.6 Å². The molecule has 3 aromatic carbocycles. The highest BCUT2D eigenvalue weighted by molar-refractivity contribution is 5.92. The van der Waals surface area contributed by atoms with Crippen LogP contribution in [0, 0.1) is 0 Å². The molecule has 6 heteroatoms. The third-order valence-corrected chi connectivity index (χ3v) is 5.85. The maximum atomic E-state index is 12.3. The van der Waals surface area contributed by atoms with Crippen LogP contribution in [0.5, 0.6) is 5.75 Å². The zero-order valence-corrected chi connectivity index (χ0v) is 20.9. The molecular weight excluding hydrogens is 462 g/mol. The lowest BCUT2D eigenvalue weighted by molar-refractivity contribution is -0.116. The van der Waals surface area contributed by atoms with E-state index in [0.29, 0.717) is 13.0 Å². The molecule has 188 valence electrons. The highest BCUT2D eigenvalue weighted by Gasteiger charge is 2.09. The van der Waals surface area contributed by atoms with E-state index in [1.807, 2.05) is 84.9 Å². The minimum atomic E-state index is -0.100. The number of aryl methyl sites for hydroxylation is 2. The number of hydrogen-bond acceptors (Lipinski definition) is 4. The Balaban J connectivity index is 1.33. The van der Waals surface area contributed by atoms with Gasteiger partial charge in [0.2, 0.25) is 11.8 Å². The number of nitrogens with zero attached hydrogens (tertiary/aromatic N) is 1. The molecular formula is C31H31N3O3. The van der Waals surface area contributed by atoms with Crippen LogP contribution >= 0.6 is 0 Å². The van der Waals surface area contributed by atoms with Crippen molar-refractivity contribution >= 4 is 23.2 Å². The average Bonchev–Trinajstić information content (AvgIpc) is 2.90. The fourth-order valence-corrected chi connectivity index (χ4v) is 4.06. The minimum Gasteiger partial charge on any atom is -0.489 e. The summed E-state index contributed by atoms with van der Waals surface area (Å²) in [5.41, 5.74) is 5.77. The summed E-state index contributed by atoms with van der Waals surface area (Å²) in [7, 11) is 0. The zero-order valence-electron chi connectivity index (χ0n) is 20.9. The molecule has 2 amide bonds. The molecule has 0 fully saturated rings. The van der Waals surface area contributed by atoms with E-state index >= 15 is 0 Å². The molecule has 0 saturated heterocycles. The lowest BCUT2D eigenvalue weighted by atomic mass is 10.0. The van der Waals surface area contributed by atoms with E-state index in [0.717, 1.165) is 53.1 Å². The van der Waals surface area contributed by atoms with Gasteiger partial charge in [-0.05, 0) is 77.9 Å². The quantitative estimate of drug-likeness (QED) is 0.270. The van der Waals surface area contributed by atoms with Gasteiger partial charge in [0, 0.05) is 30.7 Å². The Labute approximate surface area is 217 Å². The lowest BCUT2D eigenvalue weighted by Crippen LogP contribution is -2.14. The third-order valence-electron chi connectivity index (χ3n) is 5.85. The topological polar surface area (TPSA) is 80.3 Å². The summed E-state index contributed by atoms with van der Waals surface area (Å²) in [4.78, 5) is 27.9. The van der Waals surface area contributed by atoms with Gasteiger partial charge in [-0.25, -0.2) is 0 Å². The summed E-state index contributed by atoms with van der Waals surface area (Å²) in [5, 5.41) is 5.80. The van der Waals surface area contributed by atoms with E-state index in [1.165, 1.54) is 12.5 Å². The van der Waals surface area contributed by atoms with Crippen molar-refractivity contribution in [1.82, 2.24) is 4.98 Å². The Morgan fingerprint density at radius 2 is 1.54 bits per heavy atom. The van der Waals surface area contributed by atoms with E-state index in [-0.39, 0.29) is 11.8 Å². The Morgan fingerprint density at radius 3 is 2.27 bits per heavy atom. The van der Waals surface area contributed by atoms with Crippen molar-refractivity contribution in [3.63, 3.8) is 0 Å². The molecule has 0 unspecified atom stereocenters. The van der Waals surface area contributed by atoms with E-state index < -0.39 is 0 Å². The average molecular weight is 494 g/mol. The van der Waals surface area contributed by atoms with Crippen LogP contribution < -0.4 is 15.4 Å². The Kier molecular flexibility index (Phi) is 9.02. The van der Waals surface area contributed by atoms with E-state index in [2.05, 4.69) is 15.6 Å². The van der Waals surface area contributed by atoms with Crippen molar-refractivity contribution in [2.75, 3.05) is 10.6 Å². The maximum absolute atomic E-state index is 12.3. The number of nitrogens with one attached hydrogen (secondary N) is 2. The van der Waals surface area contributed by atoms with Gasteiger partial charge in [0.25, 0.3) is 0 Å². The number of ether oxygens (including phenoxy) is 1. The summed E-state index contributed by atoms with van der Waals surface area (Å²) < 4.78 is 6.12. The number of carbonyl (C=O) groups excluding carboxylic acids is 2. The summed E-state index contributed by atoms with van der Waals surface area (Å²) >= 11 is 0. The van der Waals surface area contributed by atoms with Crippen LogP contribution in [0.4, 0.5) is 11.4 Å². The molecule has 0 aliphatic carbocycles. The van der Waals surface area contributed by atoms with Gasteiger partial charge in [0.1, 0.15) is 12.4 Å². The predicted octanol–water partition coefficient (Wildman–Crippen LogP) is 5.98. The van der Waals surface area contributed by atoms with Crippen molar-refractivity contribution in [1.29, 1.82) is 0 Å². The number of aromatic nitrogens is 1. The summed E-state index contributed by atoms with van der Waals surface area (Å²) in [6.07, 6.45) is 6.29. The van der Waals surface area contributed by atoms with E-state index in [9.17, 15) is 9.59 Å². The fraction of sp³-hybridized carbons (Fsp3) is 0.194. The molecule has 6 nitrogen and oxygen atoms in total. The van der Waals surface area contributed by atoms with Crippen molar-refractivity contribution in [3.05, 3.63) is 120 Å². The Bertz CT molecular complexity index is 1310. The molecule has 0 aliphatic rings. The lowest BCUT2D eigenvalue weighted by Gasteiger charge is -2.14. The second-order valence-electron chi connectivity index (χ2n) is 8.91. The van der Waals surface area contributed by atoms with Gasteiger partial charge in [-0.15, -0.1) is 0 Å². The van der Waals surface area contributed by atoms with Gasteiger partial charge in [0.15, 0.2) is 0 Å². The second-order valence-corrected chi connectivity index (χ2v) is 8.91. The Hall–Kier alpha value is -4.45. The van der Waals surface area contributed by atoms with Crippen molar-refractivity contribution in [2.24, 2.45) is 0 Å².